The highest BCUT2D eigenvalue weighted by atomic mass is 16.5. The standard InChI is InChI=1S/C3H7N2O2/c1-4-2-3(6)5-7/h2,4,7H,1H3,(H,5,6). The Hall–Kier alpha value is -0.610. The molecule has 0 fully saturated rings. The minimum atomic E-state index is -0.553. The lowest BCUT2D eigenvalue weighted by atomic mass is 10.6. The number of rotatable bonds is 2. The Labute approximate surface area is 41.5 Å². The predicted octanol–water partition coefficient (Wildman–Crippen LogP) is -1.13. The molecule has 0 aromatic rings. The van der Waals surface area contributed by atoms with Crippen LogP contribution in [0.15, 0.2) is 0 Å². The molecule has 0 atom stereocenters. The summed E-state index contributed by atoms with van der Waals surface area (Å²) < 4.78 is 0. The first-order chi connectivity index (χ1) is 3.31. The molecule has 0 aromatic carbocycles. The van der Waals surface area contributed by atoms with Gasteiger partial charge in [-0.15, -0.1) is 0 Å². The third-order valence-electron chi connectivity index (χ3n) is 0.386. The molecule has 0 saturated heterocycles. The lowest BCUT2D eigenvalue weighted by molar-refractivity contribution is -0.126. The van der Waals surface area contributed by atoms with Gasteiger partial charge in [-0.05, 0) is 7.05 Å². The number of hydrogen-bond donors (Lipinski definition) is 3. The summed E-state index contributed by atoms with van der Waals surface area (Å²) in [6, 6.07) is 0. The van der Waals surface area contributed by atoms with Crippen molar-refractivity contribution in [2.24, 2.45) is 0 Å². The molecule has 0 saturated carbocycles. The molecular weight excluding hydrogens is 96.0 g/mol. The van der Waals surface area contributed by atoms with Gasteiger partial charge in [0.15, 0.2) is 0 Å². The SMILES string of the molecule is CN[CH]C(=O)NO. The Morgan fingerprint density at radius 1 is 1.86 bits per heavy atom. The van der Waals surface area contributed by atoms with Crippen LogP contribution < -0.4 is 10.8 Å². The molecule has 0 rings (SSSR count). The van der Waals surface area contributed by atoms with E-state index in [0.717, 1.165) is 6.54 Å². The van der Waals surface area contributed by atoms with E-state index in [-0.39, 0.29) is 0 Å². The van der Waals surface area contributed by atoms with Crippen LogP contribution in [0.5, 0.6) is 0 Å². The van der Waals surface area contributed by atoms with Crippen molar-refractivity contribution in [1.82, 2.24) is 10.8 Å². The maximum absolute atomic E-state index is 9.93. The van der Waals surface area contributed by atoms with Gasteiger partial charge in [-0.3, -0.25) is 10.0 Å². The molecule has 4 heteroatoms. The number of likely N-dealkylation sites (N-methyl/N-ethyl adjacent to an activating group) is 1. The minimum absolute atomic E-state index is 0.553. The van der Waals surface area contributed by atoms with Gasteiger partial charge in [-0.1, -0.05) is 0 Å². The van der Waals surface area contributed by atoms with Gasteiger partial charge >= 0.3 is 0 Å². The van der Waals surface area contributed by atoms with Crippen LogP contribution in [0.25, 0.3) is 0 Å². The summed E-state index contributed by atoms with van der Waals surface area (Å²) in [5, 5.41) is 10.2. The largest absolute Gasteiger partial charge is 0.307 e. The molecule has 0 aliphatic rings. The van der Waals surface area contributed by atoms with Gasteiger partial charge in [0.05, 0.1) is 0 Å². The molecular formula is C3H7N2O2. The van der Waals surface area contributed by atoms with Crippen LogP contribution in [0.2, 0.25) is 0 Å². The van der Waals surface area contributed by atoms with E-state index in [4.69, 9.17) is 5.21 Å². The second-order valence-electron chi connectivity index (χ2n) is 0.909. The fraction of sp³-hybridized carbons (Fsp3) is 0.333. The molecule has 1 amide bonds. The molecule has 4 nitrogen and oxygen atoms in total. The molecule has 41 valence electrons. The van der Waals surface area contributed by atoms with Gasteiger partial charge in [-0.2, -0.15) is 0 Å². The highest BCUT2D eigenvalue weighted by Gasteiger charge is 1.91. The first kappa shape index (κ1) is 6.39. The average Bonchev–Trinajstić information content (AvgIpc) is 1.68. The van der Waals surface area contributed by atoms with Crippen LogP contribution in [0.3, 0.4) is 0 Å². The summed E-state index contributed by atoms with van der Waals surface area (Å²) in [5.41, 5.74) is 1.41. The normalized spacial score (nSPS) is 8.29. The highest BCUT2D eigenvalue weighted by Crippen LogP contribution is 1.61. The van der Waals surface area contributed by atoms with E-state index in [1.54, 1.807) is 7.05 Å². The lowest BCUT2D eigenvalue weighted by Crippen LogP contribution is -2.24. The summed E-state index contributed by atoms with van der Waals surface area (Å²) in [6.45, 7) is 1.10. The van der Waals surface area contributed by atoms with Crippen LogP contribution in [0.1, 0.15) is 0 Å². The van der Waals surface area contributed by atoms with Crippen molar-refractivity contribution in [3.63, 3.8) is 0 Å². The lowest BCUT2D eigenvalue weighted by Gasteiger charge is -1.91. The molecule has 0 unspecified atom stereocenters. The smallest absolute Gasteiger partial charge is 0.262 e. The Balaban J connectivity index is 3.00. The first-order valence-electron chi connectivity index (χ1n) is 1.76. The number of carbonyl (C=O) groups excluding carboxylic acids is 1. The molecule has 0 spiro atoms. The maximum atomic E-state index is 9.93. The summed E-state index contributed by atoms with van der Waals surface area (Å²) in [6.07, 6.45) is 0. The van der Waals surface area contributed by atoms with Gasteiger partial charge in [0, 0.05) is 0 Å². The van der Waals surface area contributed by atoms with Crippen LogP contribution >= 0.6 is 0 Å². The van der Waals surface area contributed by atoms with E-state index in [1.807, 2.05) is 0 Å². The van der Waals surface area contributed by atoms with Crippen LogP contribution in [0, 0.1) is 6.54 Å². The Morgan fingerprint density at radius 3 is 2.57 bits per heavy atom. The van der Waals surface area contributed by atoms with Crippen molar-refractivity contribution in [3.8, 4) is 0 Å². The molecule has 0 aliphatic carbocycles. The number of hydroxylamine groups is 1. The molecule has 0 bridgehead atoms. The van der Waals surface area contributed by atoms with Crippen molar-refractivity contribution in [2.75, 3.05) is 7.05 Å². The van der Waals surface area contributed by atoms with Gasteiger partial charge in [-0.25, -0.2) is 5.48 Å². The summed E-state index contributed by atoms with van der Waals surface area (Å²) >= 11 is 0. The zero-order valence-electron chi connectivity index (χ0n) is 3.93. The van der Waals surface area contributed by atoms with E-state index in [1.165, 1.54) is 5.48 Å². The first-order valence-corrected chi connectivity index (χ1v) is 1.76. The molecule has 7 heavy (non-hydrogen) atoms. The third-order valence-corrected chi connectivity index (χ3v) is 0.386. The van der Waals surface area contributed by atoms with E-state index < -0.39 is 5.91 Å². The van der Waals surface area contributed by atoms with E-state index in [9.17, 15) is 4.79 Å². The summed E-state index contributed by atoms with van der Waals surface area (Å²) in [5.74, 6) is -0.553. The fourth-order valence-corrected chi connectivity index (χ4v) is 0.163. The van der Waals surface area contributed by atoms with Crippen LogP contribution in [-0.4, -0.2) is 18.2 Å². The molecule has 3 N–H and O–H groups in total. The second-order valence-corrected chi connectivity index (χ2v) is 0.909. The second kappa shape index (κ2) is 3.58. The number of carbonyl (C=O) groups is 1. The molecule has 0 aliphatic heterocycles. The van der Waals surface area contributed by atoms with Gasteiger partial charge < -0.3 is 5.32 Å². The van der Waals surface area contributed by atoms with E-state index in [2.05, 4.69) is 5.32 Å². The van der Waals surface area contributed by atoms with Crippen molar-refractivity contribution in [1.29, 1.82) is 0 Å². The van der Waals surface area contributed by atoms with Gasteiger partial charge in [0.25, 0.3) is 5.91 Å². The van der Waals surface area contributed by atoms with E-state index in [0.29, 0.717) is 0 Å². The summed E-state index contributed by atoms with van der Waals surface area (Å²) in [4.78, 5) is 9.93. The Morgan fingerprint density at radius 2 is 2.43 bits per heavy atom. The summed E-state index contributed by atoms with van der Waals surface area (Å²) in [7, 11) is 1.56. The van der Waals surface area contributed by atoms with Crippen molar-refractivity contribution < 1.29 is 10.0 Å². The van der Waals surface area contributed by atoms with Crippen LogP contribution in [-0.2, 0) is 4.79 Å². The number of nitrogens with one attached hydrogen (secondary N) is 2. The number of amides is 1. The Kier molecular flexibility index (Phi) is 3.26. The van der Waals surface area contributed by atoms with Gasteiger partial charge in [0.2, 0.25) is 0 Å². The third kappa shape index (κ3) is 3.21. The molecule has 0 heterocycles. The molecule has 1 radical (unpaired) electrons. The van der Waals surface area contributed by atoms with Crippen molar-refractivity contribution >= 4 is 5.91 Å². The zero-order valence-corrected chi connectivity index (χ0v) is 3.93. The minimum Gasteiger partial charge on any atom is -0.307 e. The Bertz CT molecular complexity index is 64.0. The van der Waals surface area contributed by atoms with Crippen molar-refractivity contribution in [3.05, 3.63) is 6.54 Å². The quantitative estimate of drug-likeness (QED) is 0.306. The van der Waals surface area contributed by atoms with Gasteiger partial charge in [0.1, 0.15) is 6.54 Å². The van der Waals surface area contributed by atoms with Crippen molar-refractivity contribution in [2.45, 2.75) is 0 Å². The predicted molar refractivity (Wildman–Crippen MR) is 23.3 cm³/mol. The molecule has 0 aromatic heterocycles. The topological polar surface area (TPSA) is 61.4 Å². The highest BCUT2D eigenvalue weighted by molar-refractivity contribution is 5.82. The monoisotopic (exact) mass is 103 g/mol. The average molecular weight is 103 g/mol. The van der Waals surface area contributed by atoms with Crippen LogP contribution in [0.4, 0.5) is 0 Å². The maximum Gasteiger partial charge on any atom is 0.262 e. The number of hydrogen-bond acceptors (Lipinski definition) is 3. The van der Waals surface area contributed by atoms with E-state index >= 15 is 0 Å². The fourth-order valence-electron chi connectivity index (χ4n) is 0.163. The zero-order chi connectivity index (χ0) is 5.70.